The summed E-state index contributed by atoms with van der Waals surface area (Å²) in [7, 11) is 0. The number of alkyl halides is 8. The van der Waals surface area contributed by atoms with E-state index in [0.29, 0.717) is 12.8 Å². The highest BCUT2D eigenvalue weighted by Crippen LogP contribution is 2.48. The van der Waals surface area contributed by atoms with Crippen molar-refractivity contribution in [3.05, 3.63) is 11.6 Å². The molecule has 31 heavy (non-hydrogen) atoms. The molecule has 4 N–H and O–H groups in total. The molecule has 0 saturated carbocycles. The maximum absolute atomic E-state index is 13.9. The highest BCUT2D eigenvalue weighted by Gasteiger charge is 2.78. The summed E-state index contributed by atoms with van der Waals surface area (Å²) < 4.78 is 111. The van der Waals surface area contributed by atoms with Crippen LogP contribution in [0.3, 0.4) is 0 Å². The van der Waals surface area contributed by atoms with Crippen LogP contribution in [0.4, 0.5) is 35.1 Å². The largest absolute Gasteiger partial charge is 0.478 e. The Morgan fingerprint density at radius 2 is 1.71 bits per heavy atom. The highest BCUT2D eigenvalue weighted by molar-refractivity contribution is 5.88. The molecule has 0 fully saturated rings. The summed E-state index contributed by atoms with van der Waals surface area (Å²) in [5.41, 5.74) is 5.38. The van der Waals surface area contributed by atoms with Gasteiger partial charge in [-0.2, -0.15) is 26.3 Å². The Kier molecular flexibility index (Phi) is 8.45. The lowest BCUT2D eigenvalue weighted by Gasteiger charge is -2.38. The second-order valence-electron chi connectivity index (χ2n) is 6.98. The SMILES string of the molecule is CCC(CC)OC1C=C(C(=O)O)CC(N)C1NC(=O)C(F)(F)C(F)(F)C(F)(F)C(F)F. The van der Waals surface area contributed by atoms with Gasteiger partial charge in [-0.05, 0) is 25.3 Å². The van der Waals surface area contributed by atoms with Gasteiger partial charge in [-0.1, -0.05) is 13.8 Å². The molecule has 0 heterocycles. The van der Waals surface area contributed by atoms with Crippen LogP contribution in [0.5, 0.6) is 0 Å². The van der Waals surface area contributed by atoms with Crippen LogP contribution in [-0.2, 0) is 14.3 Å². The predicted octanol–water partition coefficient (Wildman–Crippen LogP) is 2.96. The standard InChI is InChI=1S/C17H22F8N2O4/c1-3-8(4-2)31-10-6-7(12(28)29)5-9(26)11(10)27-14(30)16(22,23)17(24,25)15(20,21)13(18)19/h6,8-11,13H,3-5,26H2,1-2H3,(H,27,30)(H,28,29). The number of hydrogen-bond acceptors (Lipinski definition) is 4. The van der Waals surface area contributed by atoms with Crippen LogP contribution in [0.2, 0.25) is 0 Å². The Balaban J connectivity index is 3.26. The molecule has 0 radical (unpaired) electrons. The lowest BCUT2D eigenvalue weighted by Crippen LogP contribution is -2.66. The van der Waals surface area contributed by atoms with Gasteiger partial charge in [-0.25, -0.2) is 13.6 Å². The molecule has 0 aliphatic heterocycles. The second-order valence-corrected chi connectivity index (χ2v) is 6.98. The predicted molar refractivity (Wildman–Crippen MR) is 90.3 cm³/mol. The van der Waals surface area contributed by atoms with Crippen LogP contribution in [0.1, 0.15) is 33.1 Å². The fourth-order valence-corrected chi connectivity index (χ4v) is 2.90. The minimum Gasteiger partial charge on any atom is -0.478 e. The Labute approximate surface area is 171 Å². The summed E-state index contributed by atoms with van der Waals surface area (Å²) in [4.78, 5) is 23.0. The number of carboxylic acid groups (broad SMARTS) is 1. The Morgan fingerprint density at radius 1 is 1.19 bits per heavy atom. The summed E-state index contributed by atoms with van der Waals surface area (Å²) in [5.74, 6) is -23.9. The van der Waals surface area contributed by atoms with Gasteiger partial charge in [0.05, 0.1) is 18.2 Å². The average Bonchev–Trinajstić information content (AvgIpc) is 2.67. The molecule has 0 saturated heterocycles. The second kappa shape index (κ2) is 9.67. The monoisotopic (exact) mass is 470 g/mol. The van der Waals surface area contributed by atoms with E-state index in [4.69, 9.17) is 15.6 Å². The molecule has 1 rings (SSSR count). The average molecular weight is 470 g/mol. The lowest BCUT2D eigenvalue weighted by molar-refractivity contribution is -0.328. The van der Waals surface area contributed by atoms with Gasteiger partial charge in [0.15, 0.2) is 0 Å². The number of ether oxygens (including phenoxy) is 1. The zero-order chi connectivity index (χ0) is 24.4. The maximum atomic E-state index is 13.9. The fraction of sp³-hybridized carbons (Fsp3) is 0.765. The topological polar surface area (TPSA) is 102 Å². The molecule has 1 aliphatic rings. The van der Waals surface area contributed by atoms with Gasteiger partial charge in [-0.3, -0.25) is 4.79 Å². The van der Waals surface area contributed by atoms with E-state index >= 15 is 0 Å². The van der Waals surface area contributed by atoms with Gasteiger partial charge in [0, 0.05) is 11.6 Å². The lowest BCUT2D eigenvalue weighted by atomic mass is 9.88. The van der Waals surface area contributed by atoms with Crippen molar-refractivity contribution in [3.63, 3.8) is 0 Å². The summed E-state index contributed by atoms with van der Waals surface area (Å²) >= 11 is 0. The molecule has 3 unspecified atom stereocenters. The van der Waals surface area contributed by atoms with Crippen LogP contribution in [0, 0.1) is 0 Å². The van der Waals surface area contributed by atoms with Crippen molar-refractivity contribution in [2.75, 3.05) is 0 Å². The zero-order valence-electron chi connectivity index (χ0n) is 16.4. The van der Waals surface area contributed by atoms with Crippen molar-refractivity contribution in [2.24, 2.45) is 5.73 Å². The van der Waals surface area contributed by atoms with Crippen LogP contribution in [0.15, 0.2) is 11.6 Å². The van der Waals surface area contributed by atoms with Gasteiger partial charge in [0.25, 0.3) is 5.91 Å². The van der Waals surface area contributed by atoms with Gasteiger partial charge < -0.3 is 20.9 Å². The molecule has 0 aromatic carbocycles. The number of rotatable bonds is 10. The van der Waals surface area contributed by atoms with Gasteiger partial charge in [0.2, 0.25) is 0 Å². The minimum absolute atomic E-state index is 0.310. The number of hydrogen-bond donors (Lipinski definition) is 3. The first-order chi connectivity index (χ1) is 14.0. The van der Waals surface area contributed by atoms with E-state index < -0.39 is 66.8 Å². The number of nitrogens with one attached hydrogen (secondary N) is 1. The molecule has 0 spiro atoms. The van der Waals surface area contributed by atoms with Crippen molar-refractivity contribution >= 4 is 11.9 Å². The molecular weight excluding hydrogens is 448 g/mol. The number of aliphatic carboxylic acids is 1. The molecule has 180 valence electrons. The molecule has 1 amide bonds. The Morgan fingerprint density at radius 3 is 2.13 bits per heavy atom. The zero-order valence-corrected chi connectivity index (χ0v) is 16.4. The first-order valence-corrected chi connectivity index (χ1v) is 9.12. The van der Waals surface area contributed by atoms with E-state index in [2.05, 4.69) is 0 Å². The minimum atomic E-state index is -6.73. The molecule has 1 aliphatic carbocycles. The van der Waals surface area contributed by atoms with E-state index in [1.54, 1.807) is 13.8 Å². The van der Waals surface area contributed by atoms with E-state index in [1.165, 1.54) is 5.32 Å². The number of carboxylic acids is 1. The van der Waals surface area contributed by atoms with Crippen molar-refractivity contribution in [1.29, 1.82) is 0 Å². The molecule has 0 aromatic heterocycles. The normalized spacial score (nSPS) is 23.1. The number of carbonyl (C=O) groups excluding carboxylic acids is 1. The van der Waals surface area contributed by atoms with Crippen LogP contribution < -0.4 is 11.1 Å². The molecular formula is C17H22F8N2O4. The van der Waals surface area contributed by atoms with Crippen LogP contribution >= 0.6 is 0 Å². The number of halogens is 8. The summed E-state index contributed by atoms with van der Waals surface area (Å²) in [5, 5.41) is 10.5. The third-order valence-electron chi connectivity index (χ3n) is 4.84. The third-order valence-corrected chi connectivity index (χ3v) is 4.84. The highest BCUT2D eigenvalue weighted by atomic mass is 19.4. The smallest absolute Gasteiger partial charge is 0.392 e. The Hall–Kier alpha value is -1.96. The summed E-state index contributed by atoms with van der Waals surface area (Å²) in [6, 6.07) is -3.17. The van der Waals surface area contributed by atoms with Crippen molar-refractivity contribution in [3.8, 4) is 0 Å². The van der Waals surface area contributed by atoms with E-state index in [-0.39, 0.29) is 5.57 Å². The van der Waals surface area contributed by atoms with Crippen molar-refractivity contribution < 1.29 is 54.6 Å². The molecule has 0 aromatic rings. The van der Waals surface area contributed by atoms with Gasteiger partial charge >= 0.3 is 30.2 Å². The van der Waals surface area contributed by atoms with Crippen molar-refractivity contribution in [2.45, 2.75) is 81.6 Å². The molecule has 14 heteroatoms. The Bertz CT molecular complexity index is 698. The van der Waals surface area contributed by atoms with E-state index in [1.807, 2.05) is 0 Å². The van der Waals surface area contributed by atoms with Crippen LogP contribution in [-0.4, -0.2) is 65.5 Å². The maximum Gasteiger partial charge on any atom is 0.392 e. The number of amides is 1. The number of nitrogens with two attached hydrogens (primary N) is 1. The molecule has 0 bridgehead atoms. The quantitative estimate of drug-likeness (QED) is 0.427. The third kappa shape index (κ3) is 5.27. The van der Waals surface area contributed by atoms with Gasteiger partial charge in [-0.15, -0.1) is 0 Å². The fourth-order valence-electron chi connectivity index (χ4n) is 2.90. The number of carbonyl (C=O) groups is 2. The van der Waals surface area contributed by atoms with Crippen molar-refractivity contribution in [1.82, 2.24) is 5.32 Å². The summed E-state index contributed by atoms with van der Waals surface area (Å²) in [6.07, 6.45) is -6.10. The van der Waals surface area contributed by atoms with E-state index in [0.717, 1.165) is 6.08 Å². The molecule has 6 nitrogen and oxygen atoms in total. The van der Waals surface area contributed by atoms with Crippen LogP contribution in [0.25, 0.3) is 0 Å². The summed E-state index contributed by atoms with van der Waals surface area (Å²) in [6.45, 7) is 3.32. The first-order valence-electron chi connectivity index (χ1n) is 9.12. The van der Waals surface area contributed by atoms with E-state index in [9.17, 15) is 44.7 Å². The molecule has 3 atom stereocenters. The van der Waals surface area contributed by atoms with Gasteiger partial charge in [0.1, 0.15) is 0 Å². The first kappa shape index (κ1) is 27.1.